The van der Waals surface area contributed by atoms with Gasteiger partial charge in [-0.15, -0.1) is 0 Å². The molecule has 1 heteroatoms. The molecule has 4 bridgehead atoms. The van der Waals surface area contributed by atoms with Crippen molar-refractivity contribution in [2.24, 2.45) is 0 Å². The van der Waals surface area contributed by atoms with Crippen LogP contribution < -0.4 is 4.74 Å². The van der Waals surface area contributed by atoms with Crippen molar-refractivity contribution in [1.82, 2.24) is 0 Å². The molecule has 0 aliphatic heterocycles. The van der Waals surface area contributed by atoms with Crippen LogP contribution in [0, 0.1) is 47.4 Å². The molecule has 4 aliphatic carbocycles. The van der Waals surface area contributed by atoms with E-state index in [0.29, 0.717) is 0 Å². The fraction of sp³-hybridized carbons (Fsp3) is 0.102. The Morgan fingerprint density at radius 2 is 0.620 bits per heavy atom. The van der Waals surface area contributed by atoms with Crippen LogP contribution in [-0.2, 0) is 25.7 Å². The number of ether oxygens (including phenoxy) is 1. The van der Waals surface area contributed by atoms with Crippen LogP contribution in [-0.4, -0.2) is 7.11 Å². The first-order chi connectivity index (χ1) is 24.7. The predicted octanol–water partition coefficient (Wildman–Crippen LogP) is 9.18. The highest BCUT2D eigenvalue weighted by atomic mass is 16.5. The van der Waals surface area contributed by atoms with Gasteiger partial charge < -0.3 is 4.74 Å². The predicted molar refractivity (Wildman–Crippen MR) is 204 cm³/mol. The van der Waals surface area contributed by atoms with Crippen molar-refractivity contribution in [2.45, 2.75) is 25.7 Å². The number of hydrogen-bond acceptors (Lipinski definition) is 1. The van der Waals surface area contributed by atoms with Crippen LogP contribution in [0.4, 0.5) is 0 Å². The normalized spacial score (nSPS) is 11.1. The molecule has 0 amide bonds. The summed E-state index contributed by atoms with van der Waals surface area (Å²) in [5.41, 5.74) is 12.9. The molecular weight excluding hydrogens is 605 g/mol. The van der Waals surface area contributed by atoms with Crippen molar-refractivity contribution >= 4 is 0 Å². The topological polar surface area (TPSA) is 9.23 Å². The Labute approximate surface area is 296 Å². The van der Waals surface area contributed by atoms with Crippen molar-refractivity contribution in [1.29, 1.82) is 0 Å². The second kappa shape index (κ2) is 15.5. The van der Waals surface area contributed by atoms with Gasteiger partial charge in [-0.05, 0) is 133 Å². The Kier molecular flexibility index (Phi) is 9.90. The standard InChI is InChI=1S/C49H34O/c1-50-49-31-21-40(22-32-49)20-26-44-36-47-28-27-45-33-42(24-18-38-13-7-3-8-14-38)46(34-41(45)23-17-37-11-5-2-6-12-37)29-30-48(44)35-43(47)25-19-39-15-9-4-10-16-39/h2-16,21-22,31-36H,27-30H2,1H3. The molecule has 0 radical (unpaired) electrons. The third-order valence-electron chi connectivity index (χ3n) is 8.76. The first kappa shape index (κ1) is 31.9. The zero-order valence-corrected chi connectivity index (χ0v) is 28.0. The first-order valence-electron chi connectivity index (χ1n) is 16.9. The van der Waals surface area contributed by atoms with Gasteiger partial charge in [-0.1, -0.05) is 102 Å². The molecule has 4 aliphatic rings. The fourth-order valence-electron chi connectivity index (χ4n) is 6.01. The van der Waals surface area contributed by atoms with Crippen LogP contribution >= 0.6 is 0 Å². The second-order valence-electron chi connectivity index (χ2n) is 12.2. The van der Waals surface area contributed by atoms with E-state index in [0.717, 1.165) is 75.9 Å². The van der Waals surface area contributed by atoms with Crippen LogP contribution in [0.1, 0.15) is 66.8 Å². The van der Waals surface area contributed by atoms with Gasteiger partial charge in [0.15, 0.2) is 0 Å². The maximum Gasteiger partial charge on any atom is 0.118 e. The minimum atomic E-state index is 0.790. The van der Waals surface area contributed by atoms with Crippen molar-refractivity contribution in [2.75, 3.05) is 7.11 Å². The summed E-state index contributed by atoms with van der Waals surface area (Å²) in [5, 5.41) is 0. The largest absolute Gasteiger partial charge is 0.497 e. The third-order valence-corrected chi connectivity index (χ3v) is 8.76. The summed E-state index contributed by atoms with van der Waals surface area (Å²) < 4.78 is 5.35. The van der Waals surface area contributed by atoms with Gasteiger partial charge in [-0.3, -0.25) is 0 Å². The van der Waals surface area contributed by atoms with Crippen molar-refractivity contribution in [3.05, 3.63) is 206 Å². The molecule has 0 atom stereocenters. The van der Waals surface area contributed by atoms with Crippen molar-refractivity contribution < 1.29 is 4.74 Å². The summed E-state index contributed by atoms with van der Waals surface area (Å²) in [4.78, 5) is 0. The molecule has 6 aromatic rings. The summed E-state index contributed by atoms with van der Waals surface area (Å²) >= 11 is 0. The lowest BCUT2D eigenvalue weighted by molar-refractivity contribution is 0.415. The first-order valence-corrected chi connectivity index (χ1v) is 16.9. The van der Waals surface area contributed by atoms with E-state index in [1.165, 1.54) is 22.3 Å². The molecule has 10 rings (SSSR count). The van der Waals surface area contributed by atoms with Gasteiger partial charge in [0.2, 0.25) is 0 Å². The maximum absolute atomic E-state index is 5.35. The Morgan fingerprint density at radius 1 is 0.340 bits per heavy atom. The second-order valence-corrected chi connectivity index (χ2v) is 12.2. The number of methoxy groups -OCH3 is 1. The molecule has 0 N–H and O–H groups in total. The molecule has 0 aromatic heterocycles. The average molecular weight is 639 g/mol. The number of aryl methyl sites for hydroxylation is 4. The van der Waals surface area contributed by atoms with Gasteiger partial charge >= 0.3 is 0 Å². The van der Waals surface area contributed by atoms with E-state index in [1.54, 1.807) is 7.11 Å². The number of hydrogen-bond donors (Lipinski definition) is 0. The third kappa shape index (κ3) is 8.07. The highest BCUT2D eigenvalue weighted by Crippen LogP contribution is 2.26. The lowest BCUT2D eigenvalue weighted by atomic mass is 9.86. The highest BCUT2D eigenvalue weighted by Gasteiger charge is 2.15. The van der Waals surface area contributed by atoms with Crippen LogP contribution in [0.25, 0.3) is 0 Å². The van der Waals surface area contributed by atoms with Crippen molar-refractivity contribution in [3.63, 3.8) is 0 Å². The molecule has 0 spiro atoms. The minimum absolute atomic E-state index is 0.790. The van der Waals surface area contributed by atoms with E-state index in [-0.39, 0.29) is 0 Å². The van der Waals surface area contributed by atoms with Gasteiger partial charge in [0.25, 0.3) is 0 Å². The molecule has 6 aromatic carbocycles. The molecular formula is C49H34O. The van der Waals surface area contributed by atoms with Gasteiger partial charge in [-0.2, -0.15) is 0 Å². The fourth-order valence-corrected chi connectivity index (χ4v) is 6.01. The SMILES string of the molecule is COc1ccc(C#Cc2cc3c(C#Cc4ccccc4)cc2CCc2cc(C#Cc4ccccc4)c(cc2C#Cc2ccccc2)CC3)cc1. The quantitative estimate of drug-likeness (QED) is 0.163. The van der Waals surface area contributed by atoms with Crippen LogP contribution in [0.2, 0.25) is 0 Å². The number of rotatable bonds is 1. The molecule has 236 valence electrons. The van der Waals surface area contributed by atoms with E-state index in [4.69, 9.17) is 4.74 Å². The molecule has 0 saturated heterocycles. The van der Waals surface area contributed by atoms with E-state index in [2.05, 4.69) is 108 Å². The summed E-state index contributed by atoms with van der Waals surface area (Å²) in [6.45, 7) is 0. The summed E-state index contributed by atoms with van der Waals surface area (Å²) in [5.74, 6) is 28.6. The smallest absolute Gasteiger partial charge is 0.118 e. The van der Waals surface area contributed by atoms with Crippen LogP contribution in [0.3, 0.4) is 0 Å². The Morgan fingerprint density at radius 3 is 0.900 bits per heavy atom. The van der Waals surface area contributed by atoms with Crippen molar-refractivity contribution in [3.8, 4) is 53.1 Å². The van der Waals surface area contributed by atoms with Gasteiger partial charge in [-0.25, -0.2) is 0 Å². The summed E-state index contributed by atoms with van der Waals surface area (Å²) in [7, 11) is 1.68. The van der Waals surface area contributed by atoms with Gasteiger partial charge in [0.1, 0.15) is 5.75 Å². The molecule has 0 heterocycles. The Hall–Kier alpha value is -6.64. The highest BCUT2D eigenvalue weighted by molar-refractivity contribution is 5.59. The lowest BCUT2D eigenvalue weighted by Crippen LogP contribution is -2.07. The monoisotopic (exact) mass is 638 g/mol. The molecule has 1 nitrogen and oxygen atoms in total. The molecule has 0 saturated carbocycles. The zero-order chi connectivity index (χ0) is 34.0. The Bertz CT molecular complexity index is 2390. The molecule has 50 heavy (non-hydrogen) atoms. The molecule has 0 unspecified atom stereocenters. The average Bonchev–Trinajstić information content (AvgIpc) is 3.17. The van der Waals surface area contributed by atoms with E-state index < -0.39 is 0 Å². The minimum Gasteiger partial charge on any atom is -0.497 e. The summed E-state index contributed by atoms with van der Waals surface area (Å²) in [6, 6.07) is 47.5. The lowest BCUT2D eigenvalue weighted by Gasteiger charge is -2.17. The van der Waals surface area contributed by atoms with E-state index >= 15 is 0 Å². The van der Waals surface area contributed by atoms with Crippen LogP contribution in [0.15, 0.2) is 140 Å². The Balaban J connectivity index is 1.34. The van der Waals surface area contributed by atoms with Crippen LogP contribution in [0.5, 0.6) is 5.75 Å². The maximum atomic E-state index is 5.35. The number of benzene rings is 6. The zero-order valence-electron chi connectivity index (χ0n) is 28.0. The van der Waals surface area contributed by atoms with Gasteiger partial charge in [0.05, 0.1) is 7.11 Å². The van der Waals surface area contributed by atoms with E-state index in [9.17, 15) is 0 Å². The summed E-state index contributed by atoms with van der Waals surface area (Å²) in [6.07, 6.45) is 3.17. The molecule has 0 fully saturated rings. The van der Waals surface area contributed by atoms with Gasteiger partial charge in [0, 0.05) is 44.5 Å². The van der Waals surface area contributed by atoms with E-state index in [1.807, 2.05) is 78.9 Å².